The molecule has 1 heterocycles. The van der Waals surface area contributed by atoms with Crippen molar-refractivity contribution in [1.82, 2.24) is 9.88 Å². The van der Waals surface area contributed by atoms with E-state index in [9.17, 15) is 4.79 Å². The molecule has 0 aliphatic carbocycles. The Morgan fingerprint density at radius 1 is 1.14 bits per heavy atom. The van der Waals surface area contributed by atoms with E-state index in [1.807, 2.05) is 75.3 Å². The highest BCUT2D eigenvalue weighted by atomic mass is 32.1. The van der Waals surface area contributed by atoms with Crippen LogP contribution in [0, 0.1) is 6.92 Å². The molecule has 0 aliphatic heterocycles. The van der Waals surface area contributed by atoms with Gasteiger partial charge in [-0.15, -0.1) is 0 Å². The third kappa shape index (κ3) is 4.88. The van der Waals surface area contributed by atoms with Crippen molar-refractivity contribution < 1.29 is 9.53 Å². The maximum Gasteiger partial charge on any atom is 0.260 e. The first kappa shape index (κ1) is 20.3. The lowest BCUT2D eigenvalue weighted by Crippen LogP contribution is -2.33. The van der Waals surface area contributed by atoms with Gasteiger partial charge in [-0.25, -0.2) is 4.98 Å². The minimum absolute atomic E-state index is 0.00783. The van der Waals surface area contributed by atoms with Gasteiger partial charge < -0.3 is 9.64 Å². The molecule has 5 nitrogen and oxygen atoms in total. The molecule has 0 unspecified atom stereocenters. The first-order valence-corrected chi connectivity index (χ1v) is 10.4. The smallest absolute Gasteiger partial charge is 0.260 e. The quantitative estimate of drug-likeness (QED) is 0.557. The third-order valence-electron chi connectivity index (χ3n) is 4.39. The van der Waals surface area contributed by atoms with Gasteiger partial charge in [0, 0.05) is 12.1 Å². The van der Waals surface area contributed by atoms with Crippen LogP contribution < -0.4 is 9.64 Å². The Kier molecular flexibility index (Phi) is 6.65. The number of hydrogen-bond donors (Lipinski definition) is 0. The maximum absolute atomic E-state index is 13.3. The van der Waals surface area contributed by atoms with Crippen LogP contribution in [-0.4, -0.2) is 49.6 Å². The molecule has 0 saturated carbocycles. The topological polar surface area (TPSA) is 45.7 Å². The van der Waals surface area contributed by atoms with Crippen molar-refractivity contribution in [3.63, 3.8) is 0 Å². The van der Waals surface area contributed by atoms with E-state index in [-0.39, 0.29) is 5.91 Å². The van der Waals surface area contributed by atoms with Gasteiger partial charge in [0.15, 0.2) is 5.13 Å². The zero-order valence-electron chi connectivity index (χ0n) is 16.9. The average molecular weight is 398 g/mol. The zero-order chi connectivity index (χ0) is 20.1. The van der Waals surface area contributed by atoms with E-state index in [1.165, 1.54) is 11.3 Å². The number of carbonyl (C=O) groups excluding carboxylic acids is 1. The van der Waals surface area contributed by atoms with E-state index in [2.05, 4.69) is 4.90 Å². The number of ether oxygens (including phenoxy) is 1. The van der Waals surface area contributed by atoms with Crippen LogP contribution in [0.15, 0.2) is 42.5 Å². The summed E-state index contributed by atoms with van der Waals surface area (Å²) >= 11 is 1.53. The summed E-state index contributed by atoms with van der Waals surface area (Å²) in [6, 6.07) is 13.6. The number of benzene rings is 2. The van der Waals surface area contributed by atoms with Crippen molar-refractivity contribution in [2.24, 2.45) is 0 Å². The largest absolute Gasteiger partial charge is 0.494 e. The highest BCUT2D eigenvalue weighted by Crippen LogP contribution is 2.32. The molecule has 0 atom stereocenters. The maximum atomic E-state index is 13.3. The van der Waals surface area contributed by atoms with Crippen molar-refractivity contribution in [3.8, 4) is 5.75 Å². The van der Waals surface area contributed by atoms with Crippen molar-refractivity contribution in [2.75, 3.05) is 38.7 Å². The number of anilines is 1. The van der Waals surface area contributed by atoms with E-state index in [0.29, 0.717) is 18.7 Å². The lowest BCUT2D eigenvalue weighted by Gasteiger charge is -2.21. The number of fused-ring (bicyclic) bond motifs is 1. The van der Waals surface area contributed by atoms with Gasteiger partial charge in [-0.2, -0.15) is 0 Å². The Bertz CT molecular complexity index is 952. The fraction of sp³-hybridized carbons (Fsp3) is 0.364. The van der Waals surface area contributed by atoms with Crippen molar-refractivity contribution in [1.29, 1.82) is 0 Å². The molecule has 0 aliphatic rings. The fourth-order valence-electron chi connectivity index (χ4n) is 3.03. The summed E-state index contributed by atoms with van der Waals surface area (Å²) in [6.07, 6.45) is 0.880. The monoisotopic (exact) mass is 397 g/mol. The van der Waals surface area contributed by atoms with Crippen LogP contribution in [0.5, 0.6) is 5.75 Å². The number of aromatic nitrogens is 1. The Morgan fingerprint density at radius 2 is 1.96 bits per heavy atom. The Hall–Kier alpha value is -2.44. The second kappa shape index (κ2) is 9.17. The first-order chi connectivity index (χ1) is 13.5. The van der Waals surface area contributed by atoms with Crippen LogP contribution in [0.1, 0.15) is 29.3 Å². The van der Waals surface area contributed by atoms with Crippen LogP contribution in [-0.2, 0) is 0 Å². The number of carbonyl (C=O) groups is 1. The van der Waals surface area contributed by atoms with Crippen LogP contribution in [0.2, 0.25) is 0 Å². The van der Waals surface area contributed by atoms with Gasteiger partial charge in [0.25, 0.3) is 5.91 Å². The van der Waals surface area contributed by atoms with Crippen LogP contribution in [0.25, 0.3) is 10.2 Å². The number of rotatable bonds is 8. The van der Waals surface area contributed by atoms with Crippen molar-refractivity contribution in [2.45, 2.75) is 20.3 Å². The molecule has 0 radical (unpaired) electrons. The Labute approximate surface area is 170 Å². The second-order valence-electron chi connectivity index (χ2n) is 7.04. The van der Waals surface area contributed by atoms with Crippen molar-refractivity contribution in [3.05, 3.63) is 53.6 Å². The molecule has 3 rings (SSSR count). The molecule has 28 heavy (non-hydrogen) atoms. The summed E-state index contributed by atoms with van der Waals surface area (Å²) in [4.78, 5) is 21.9. The number of nitrogens with zero attached hydrogens (tertiary/aromatic N) is 3. The summed E-state index contributed by atoms with van der Waals surface area (Å²) in [5.41, 5.74) is 2.65. The minimum atomic E-state index is -0.00783. The predicted molar refractivity (Wildman–Crippen MR) is 117 cm³/mol. The Balaban J connectivity index is 1.93. The molecular formula is C22H27N3O2S. The van der Waals surface area contributed by atoms with E-state index >= 15 is 0 Å². The van der Waals surface area contributed by atoms with Gasteiger partial charge in [0.1, 0.15) is 5.75 Å². The van der Waals surface area contributed by atoms with Gasteiger partial charge in [0.2, 0.25) is 0 Å². The van der Waals surface area contributed by atoms with E-state index in [0.717, 1.165) is 39.6 Å². The van der Waals surface area contributed by atoms with Gasteiger partial charge in [-0.05, 0) is 71.2 Å². The lowest BCUT2D eigenvalue weighted by molar-refractivity contribution is 0.0986. The predicted octanol–water partition coefficient (Wildman–Crippen LogP) is 4.60. The highest BCUT2D eigenvalue weighted by Gasteiger charge is 2.21. The fourth-order valence-corrected chi connectivity index (χ4v) is 4.05. The molecular weight excluding hydrogens is 370 g/mol. The third-order valence-corrected chi connectivity index (χ3v) is 5.43. The van der Waals surface area contributed by atoms with E-state index in [1.54, 1.807) is 0 Å². The average Bonchev–Trinajstić information content (AvgIpc) is 3.07. The van der Waals surface area contributed by atoms with Gasteiger partial charge in [0.05, 0.1) is 16.8 Å². The SMILES string of the molecule is CCOc1ccc2nc(N(CCCN(C)C)C(=O)c3cccc(C)c3)sc2c1. The summed E-state index contributed by atoms with van der Waals surface area (Å²) < 4.78 is 6.62. The molecule has 2 aromatic carbocycles. The Morgan fingerprint density at radius 3 is 2.68 bits per heavy atom. The minimum Gasteiger partial charge on any atom is -0.494 e. The van der Waals surface area contributed by atoms with E-state index in [4.69, 9.17) is 9.72 Å². The van der Waals surface area contributed by atoms with Crippen molar-refractivity contribution >= 4 is 32.6 Å². The number of thiazole rings is 1. The van der Waals surface area contributed by atoms with Gasteiger partial charge in [-0.1, -0.05) is 29.0 Å². The molecule has 0 saturated heterocycles. The van der Waals surface area contributed by atoms with Gasteiger partial charge >= 0.3 is 0 Å². The molecule has 0 fully saturated rings. The van der Waals surface area contributed by atoms with Crippen LogP contribution >= 0.6 is 11.3 Å². The number of hydrogen-bond acceptors (Lipinski definition) is 5. The number of aryl methyl sites for hydroxylation is 1. The highest BCUT2D eigenvalue weighted by molar-refractivity contribution is 7.22. The molecule has 1 amide bonds. The molecule has 0 bridgehead atoms. The normalized spacial score (nSPS) is 11.2. The zero-order valence-corrected chi connectivity index (χ0v) is 17.8. The molecule has 6 heteroatoms. The molecule has 0 N–H and O–H groups in total. The number of amides is 1. The summed E-state index contributed by atoms with van der Waals surface area (Å²) in [7, 11) is 4.08. The molecule has 0 spiro atoms. The molecule has 148 valence electrons. The molecule has 3 aromatic rings. The lowest BCUT2D eigenvalue weighted by atomic mass is 10.1. The van der Waals surface area contributed by atoms with Crippen LogP contribution in [0.3, 0.4) is 0 Å². The second-order valence-corrected chi connectivity index (χ2v) is 8.05. The summed E-state index contributed by atoms with van der Waals surface area (Å²) in [6.45, 7) is 6.13. The first-order valence-electron chi connectivity index (χ1n) is 9.54. The van der Waals surface area contributed by atoms with Gasteiger partial charge in [-0.3, -0.25) is 9.69 Å². The standard InChI is InChI=1S/C22H27N3O2S/c1-5-27-18-10-11-19-20(15-18)28-22(23-19)25(13-7-12-24(3)4)21(26)17-9-6-8-16(2)14-17/h6,8-11,14-15H,5,7,12-13H2,1-4H3. The molecule has 1 aromatic heterocycles. The van der Waals surface area contributed by atoms with E-state index < -0.39 is 0 Å². The van der Waals surface area contributed by atoms with Crippen LogP contribution in [0.4, 0.5) is 5.13 Å². The summed E-state index contributed by atoms with van der Waals surface area (Å²) in [5.74, 6) is 0.820. The summed E-state index contributed by atoms with van der Waals surface area (Å²) in [5, 5.41) is 0.730.